The second-order valence-corrected chi connectivity index (χ2v) is 8.36. The molecule has 0 saturated carbocycles. The largest absolute Gasteiger partial charge is 0.143 e. The lowest BCUT2D eigenvalue weighted by Crippen LogP contribution is -1.95. The van der Waals surface area contributed by atoms with Gasteiger partial charge in [-0.25, -0.2) is 0 Å². The van der Waals surface area contributed by atoms with E-state index in [0.29, 0.717) is 0 Å². The van der Waals surface area contributed by atoms with E-state index < -0.39 is 0 Å². The van der Waals surface area contributed by atoms with Crippen molar-refractivity contribution in [3.05, 3.63) is 101 Å². The minimum atomic E-state index is 0.996. The highest BCUT2D eigenvalue weighted by Gasteiger charge is 2.17. The molecule has 0 bridgehead atoms. The molecule has 0 N–H and O–H groups in total. The van der Waals surface area contributed by atoms with Crippen LogP contribution in [0.25, 0.3) is 33.4 Å². The Morgan fingerprint density at radius 1 is 0.483 bits per heavy atom. The van der Waals surface area contributed by atoms with Crippen LogP contribution < -0.4 is 0 Å². The summed E-state index contributed by atoms with van der Waals surface area (Å²) in [6.45, 7) is 8.69. The van der Waals surface area contributed by atoms with Gasteiger partial charge in [0.2, 0.25) is 0 Å². The average molecular weight is 395 g/mol. The molecule has 4 aromatic rings. The van der Waals surface area contributed by atoms with Gasteiger partial charge in [-0.3, -0.25) is 0 Å². The van der Waals surface area contributed by atoms with Gasteiger partial charge in [0.25, 0.3) is 0 Å². The van der Waals surface area contributed by atoms with Crippen LogP contribution in [0.4, 0.5) is 0 Å². The molecule has 29 heavy (non-hydrogen) atoms. The summed E-state index contributed by atoms with van der Waals surface area (Å²) in [6.07, 6.45) is 0. The van der Waals surface area contributed by atoms with E-state index in [0.717, 1.165) is 4.90 Å². The maximum absolute atomic E-state index is 4.81. The zero-order valence-corrected chi connectivity index (χ0v) is 18.3. The molecule has 0 atom stereocenters. The van der Waals surface area contributed by atoms with Crippen molar-refractivity contribution in [3.63, 3.8) is 0 Å². The van der Waals surface area contributed by atoms with E-state index in [-0.39, 0.29) is 0 Å². The van der Waals surface area contributed by atoms with Crippen LogP contribution in [0.3, 0.4) is 0 Å². The van der Waals surface area contributed by atoms with Gasteiger partial charge in [0, 0.05) is 4.90 Å². The highest BCUT2D eigenvalue weighted by molar-refractivity contribution is 7.80. The number of hydrogen-bond donors (Lipinski definition) is 1. The van der Waals surface area contributed by atoms with Gasteiger partial charge in [0.05, 0.1) is 0 Å². The van der Waals surface area contributed by atoms with Crippen LogP contribution in [-0.4, -0.2) is 0 Å². The third-order valence-electron chi connectivity index (χ3n) is 5.58. The normalized spacial score (nSPS) is 10.9. The average Bonchev–Trinajstić information content (AvgIpc) is 2.68. The first-order valence-corrected chi connectivity index (χ1v) is 10.5. The molecule has 0 radical (unpaired) electrons. The van der Waals surface area contributed by atoms with E-state index >= 15 is 0 Å². The molecule has 0 unspecified atom stereocenters. The van der Waals surface area contributed by atoms with Gasteiger partial charge in [0.1, 0.15) is 0 Å². The van der Waals surface area contributed by atoms with Gasteiger partial charge < -0.3 is 0 Å². The van der Waals surface area contributed by atoms with Gasteiger partial charge in [-0.15, -0.1) is 12.6 Å². The smallest absolute Gasteiger partial charge is 0.0119 e. The van der Waals surface area contributed by atoms with Crippen LogP contribution in [0.2, 0.25) is 0 Å². The van der Waals surface area contributed by atoms with E-state index in [4.69, 9.17) is 12.6 Å². The Morgan fingerprint density at radius 3 is 1.45 bits per heavy atom. The summed E-state index contributed by atoms with van der Waals surface area (Å²) in [5.74, 6) is 0. The molecule has 0 nitrogen and oxygen atoms in total. The molecule has 0 heterocycles. The molecule has 0 aliphatic carbocycles. The van der Waals surface area contributed by atoms with E-state index in [2.05, 4.69) is 100 Å². The first-order valence-electron chi connectivity index (χ1n) is 10.0. The number of hydrogen-bond acceptors (Lipinski definition) is 1. The Hall–Kier alpha value is -2.77. The third-order valence-corrected chi connectivity index (χ3v) is 5.97. The molecule has 4 rings (SSSR count). The van der Waals surface area contributed by atoms with Crippen molar-refractivity contribution in [2.24, 2.45) is 0 Å². The third kappa shape index (κ3) is 3.75. The summed E-state index contributed by atoms with van der Waals surface area (Å²) in [5, 5.41) is 0. The maximum Gasteiger partial charge on any atom is 0.0119 e. The van der Waals surface area contributed by atoms with Crippen LogP contribution in [0.15, 0.2) is 83.8 Å². The van der Waals surface area contributed by atoms with Gasteiger partial charge in [-0.2, -0.15) is 0 Å². The SMILES string of the molecule is Cc1ccc(-c2cccc(-c3ccc(C)cc3C)c2-c2ccccc2S)c(C)c1. The summed E-state index contributed by atoms with van der Waals surface area (Å²) in [4.78, 5) is 0.996. The van der Waals surface area contributed by atoms with Gasteiger partial charge in [0.15, 0.2) is 0 Å². The Kier molecular flexibility index (Phi) is 5.34. The zero-order valence-electron chi connectivity index (χ0n) is 17.5. The monoisotopic (exact) mass is 394 g/mol. The molecule has 0 aliphatic heterocycles. The van der Waals surface area contributed by atoms with Crippen molar-refractivity contribution in [2.45, 2.75) is 32.6 Å². The predicted molar refractivity (Wildman–Crippen MR) is 129 cm³/mol. The van der Waals surface area contributed by atoms with E-state index in [9.17, 15) is 0 Å². The Balaban J connectivity index is 2.09. The molecule has 0 fully saturated rings. The zero-order chi connectivity index (χ0) is 20.5. The summed E-state index contributed by atoms with van der Waals surface area (Å²) in [7, 11) is 0. The molecule has 0 aromatic heterocycles. The molecule has 1 heteroatoms. The lowest BCUT2D eigenvalue weighted by atomic mass is 9.85. The topological polar surface area (TPSA) is 0 Å². The van der Waals surface area contributed by atoms with Crippen LogP contribution in [-0.2, 0) is 0 Å². The molecule has 0 spiro atoms. The predicted octanol–water partition coefficient (Wildman–Crippen LogP) is 8.21. The highest BCUT2D eigenvalue weighted by atomic mass is 32.1. The van der Waals surface area contributed by atoms with Gasteiger partial charge in [-0.05, 0) is 78.3 Å². The summed E-state index contributed by atoms with van der Waals surface area (Å²) in [6, 6.07) is 28.4. The summed E-state index contributed by atoms with van der Waals surface area (Å²) >= 11 is 4.81. The lowest BCUT2D eigenvalue weighted by Gasteiger charge is -2.20. The van der Waals surface area contributed by atoms with Crippen molar-refractivity contribution < 1.29 is 0 Å². The maximum atomic E-state index is 4.81. The molecule has 0 aliphatic rings. The Labute approximate surface area is 179 Å². The lowest BCUT2D eigenvalue weighted by molar-refractivity contribution is 1.36. The van der Waals surface area contributed by atoms with Crippen LogP contribution in [0, 0.1) is 27.7 Å². The van der Waals surface area contributed by atoms with Crippen molar-refractivity contribution >= 4 is 12.6 Å². The Morgan fingerprint density at radius 2 is 0.966 bits per heavy atom. The van der Waals surface area contributed by atoms with Crippen molar-refractivity contribution in [3.8, 4) is 33.4 Å². The van der Waals surface area contributed by atoms with Crippen molar-refractivity contribution in [1.29, 1.82) is 0 Å². The van der Waals surface area contributed by atoms with E-state index in [1.807, 2.05) is 6.07 Å². The van der Waals surface area contributed by atoms with E-state index in [1.54, 1.807) is 0 Å². The van der Waals surface area contributed by atoms with E-state index in [1.165, 1.54) is 55.6 Å². The fraction of sp³-hybridized carbons (Fsp3) is 0.143. The van der Waals surface area contributed by atoms with Crippen LogP contribution in [0.1, 0.15) is 22.3 Å². The number of rotatable bonds is 3. The molecule has 144 valence electrons. The quantitative estimate of drug-likeness (QED) is 0.333. The highest BCUT2D eigenvalue weighted by Crippen LogP contribution is 2.43. The number of aryl methyl sites for hydroxylation is 4. The fourth-order valence-corrected chi connectivity index (χ4v) is 4.48. The minimum absolute atomic E-state index is 0.996. The standard InChI is InChI=1S/C28H26S/c1-18-12-14-22(20(3)16-18)24-9-7-10-25(23-15-13-19(2)17-21(23)4)28(24)26-8-5-6-11-27(26)29/h5-17,29H,1-4H3. The molecular formula is C28H26S. The first kappa shape index (κ1) is 19.5. The summed E-state index contributed by atoms with van der Waals surface area (Å²) in [5.41, 5.74) is 12.6. The molecule has 0 saturated heterocycles. The molecule has 0 amide bonds. The van der Waals surface area contributed by atoms with Crippen molar-refractivity contribution in [1.82, 2.24) is 0 Å². The fourth-order valence-electron chi connectivity index (χ4n) is 4.21. The molecular weight excluding hydrogens is 368 g/mol. The van der Waals surface area contributed by atoms with Crippen molar-refractivity contribution in [2.75, 3.05) is 0 Å². The first-order chi connectivity index (χ1) is 14.0. The second-order valence-electron chi connectivity index (χ2n) is 7.88. The van der Waals surface area contributed by atoms with Crippen LogP contribution >= 0.6 is 12.6 Å². The second kappa shape index (κ2) is 7.93. The number of thiol groups is 1. The van der Waals surface area contributed by atoms with Gasteiger partial charge >= 0.3 is 0 Å². The van der Waals surface area contributed by atoms with Crippen LogP contribution in [0.5, 0.6) is 0 Å². The van der Waals surface area contributed by atoms with Gasteiger partial charge in [-0.1, -0.05) is 83.9 Å². The Bertz CT molecular complexity index is 1130. The molecule has 4 aromatic carbocycles. The number of benzene rings is 4. The minimum Gasteiger partial charge on any atom is -0.143 e. The summed E-state index contributed by atoms with van der Waals surface area (Å²) < 4.78 is 0.